The average Bonchev–Trinajstić information content (AvgIpc) is 2.72. The van der Waals surface area contributed by atoms with Gasteiger partial charge in [0.2, 0.25) is 0 Å². The van der Waals surface area contributed by atoms with Crippen LogP contribution in [0.4, 0.5) is 0 Å². The molecule has 0 fully saturated rings. The molecule has 1 unspecified atom stereocenters. The Bertz CT molecular complexity index is 576. The Balaban J connectivity index is 2.30. The minimum Gasteiger partial charge on any atom is -0.309 e. The lowest BCUT2D eigenvalue weighted by atomic mass is 10.0. The average molecular weight is 333 g/mol. The van der Waals surface area contributed by atoms with Crippen molar-refractivity contribution in [2.24, 2.45) is 7.05 Å². The minimum absolute atomic E-state index is 0.0543. The van der Waals surface area contributed by atoms with Gasteiger partial charge in [0, 0.05) is 17.1 Å². The summed E-state index contributed by atoms with van der Waals surface area (Å²) in [6.45, 7) is 2.89. The van der Waals surface area contributed by atoms with Crippen LogP contribution in [0.5, 0.6) is 0 Å². The molecule has 0 saturated carbocycles. The van der Waals surface area contributed by atoms with Gasteiger partial charge < -0.3 is 5.32 Å². The van der Waals surface area contributed by atoms with Crippen molar-refractivity contribution < 1.29 is 0 Å². The van der Waals surface area contributed by atoms with Gasteiger partial charge in [0.15, 0.2) is 0 Å². The lowest BCUT2D eigenvalue weighted by Gasteiger charge is -2.19. The number of hydrogen-bond acceptors (Lipinski definition) is 2. The van der Waals surface area contributed by atoms with Crippen molar-refractivity contribution in [1.29, 1.82) is 0 Å². The van der Waals surface area contributed by atoms with E-state index in [0.717, 1.165) is 24.2 Å². The first-order chi connectivity index (χ1) is 9.52. The molecule has 0 bridgehead atoms. The van der Waals surface area contributed by atoms with Crippen LogP contribution >= 0.6 is 34.8 Å². The van der Waals surface area contributed by atoms with E-state index in [0.29, 0.717) is 15.1 Å². The van der Waals surface area contributed by atoms with Crippen molar-refractivity contribution in [1.82, 2.24) is 15.1 Å². The normalized spacial score (nSPS) is 12.7. The summed E-state index contributed by atoms with van der Waals surface area (Å²) < 4.78 is 1.79. The highest BCUT2D eigenvalue weighted by molar-refractivity contribution is 6.35. The third-order valence-corrected chi connectivity index (χ3v) is 4.04. The monoisotopic (exact) mass is 331 g/mol. The zero-order valence-corrected chi connectivity index (χ0v) is 13.6. The van der Waals surface area contributed by atoms with E-state index in [-0.39, 0.29) is 6.04 Å². The predicted molar refractivity (Wildman–Crippen MR) is 84.8 cm³/mol. The second kappa shape index (κ2) is 6.81. The predicted octanol–water partition coefficient (Wildman–Crippen LogP) is 4.27. The van der Waals surface area contributed by atoms with Gasteiger partial charge in [-0.2, -0.15) is 5.10 Å². The van der Waals surface area contributed by atoms with Gasteiger partial charge in [0.25, 0.3) is 0 Å². The molecule has 0 spiro atoms. The Hall–Kier alpha value is -0.740. The Labute approximate surface area is 133 Å². The van der Waals surface area contributed by atoms with E-state index in [1.165, 1.54) is 0 Å². The number of aromatic nitrogens is 2. The molecule has 3 nitrogen and oxygen atoms in total. The van der Waals surface area contributed by atoms with Gasteiger partial charge in [-0.25, -0.2) is 0 Å². The molecule has 20 heavy (non-hydrogen) atoms. The van der Waals surface area contributed by atoms with Gasteiger partial charge in [-0.3, -0.25) is 4.68 Å². The van der Waals surface area contributed by atoms with Crippen LogP contribution in [0, 0.1) is 0 Å². The van der Waals surface area contributed by atoms with Gasteiger partial charge >= 0.3 is 0 Å². The van der Waals surface area contributed by atoms with Crippen LogP contribution in [0.1, 0.15) is 24.2 Å². The molecule has 2 aromatic rings. The number of halogens is 3. The molecular formula is C14H16Cl3N3. The molecule has 2 rings (SSSR count). The van der Waals surface area contributed by atoms with E-state index in [2.05, 4.69) is 17.3 Å². The van der Waals surface area contributed by atoms with E-state index >= 15 is 0 Å². The number of nitrogens with zero attached hydrogens (tertiary/aromatic N) is 2. The molecule has 1 aromatic carbocycles. The highest BCUT2D eigenvalue weighted by Gasteiger charge is 2.19. The zero-order valence-electron chi connectivity index (χ0n) is 11.3. The van der Waals surface area contributed by atoms with Crippen molar-refractivity contribution in [3.63, 3.8) is 0 Å². The largest absolute Gasteiger partial charge is 0.309 e. The van der Waals surface area contributed by atoms with Gasteiger partial charge in [-0.15, -0.1) is 0 Å². The van der Waals surface area contributed by atoms with E-state index in [4.69, 9.17) is 34.8 Å². The molecule has 0 amide bonds. The first-order valence-corrected chi connectivity index (χ1v) is 7.51. The number of nitrogens with one attached hydrogen (secondary N) is 1. The van der Waals surface area contributed by atoms with Crippen LogP contribution in [0.3, 0.4) is 0 Å². The van der Waals surface area contributed by atoms with Crippen molar-refractivity contribution in [3.8, 4) is 0 Å². The molecule has 0 aliphatic heterocycles. The third-order valence-electron chi connectivity index (χ3n) is 3.16. The van der Waals surface area contributed by atoms with E-state index in [9.17, 15) is 0 Å². The van der Waals surface area contributed by atoms with Crippen LogP contribution in [-0.2, 0) is 13.5 Å². The van der Waals surface area contributed by atoms with E-state index < -0.39 is 0 Å². The number of rotatable bonds is 5. The molecule has 0 radical (unpaired) electrons. The molecule has 6 heteroatoms. The Kier molecular flexibility index (Phi) is 5.33. The highest BCUT2D eigenvalue weighted by Crippen LogP contribution is 2.29. The Morgan fingerprint density at radius 3 is 2.55 bits per heavy atom. The number of hydrogen-bond donors (Lipinski definition) is 1. The fourth-order valence-electron chi connectivity index (χ4n) is 2.23. The zero-order chi connectivity index (χ0) is 14.7. The lowest BCUT2D eigenvalue weighted by Crippen LogP contribution is -2.25. The molecule has 1 atom stereocenters. The van der Waals surface area contributed by atoms with Gasteiger partial charge in [-0.05, 0) is 30.7 Å². The molecule has 0 aliphatic carbocycles. The standard InChI is InChI=1S/C14H16Cl3N3/c1-3-18-13(14-12(17)8-19-20(14)2)6-9-4-5-10(15)7-11(9)16/h4-5,7-8,13,18H,3,6H2,1-2H3. The summed E-state index contributed by atoms with van der Waals surface area (Å²) in [6, 6.07) is 5.60. The van der Waals surface area contributed by atoms with E-state index in [1.54, 1.807) is 16.9 Å². The summed E-state index contributed by atoms with van der Waals surface area (Å²) in [4.78, 5) is 0. The summed E-state index contributed by atoms with van der Waals surface area (Å²) >= 11 is 18.4. The summed E-state index contributed by atoms with van der Waals surface area (Å²) in [6.07, 6.45) is 2.38. The highest BCUT2D eigenvalue weighted by atomic mass is 35.5. The Morgan fingerprint density at radius 2 is 2.00 bits per heavy atom. The van der Waals surface area contributed by atoms with Crippen molar-refractivity contribution in [3.05, 3.63) is 50.7 Å². The van der Waals surface area contributed by atoms with Gasteiger partial charge in [-0.1, -0.05) is 47.8 Å². The summed E-state index contributed by atoms with van der Waals surface area (Å²) in [7, 11) is 1.88. The van der Waals surface area contributed by atoms with Crippen LogP contribution < -0.4 is 5.32 Å². The maximum Gasteiger partial charge on any atom is 0.0834 e. The van der Waals surface area contributed by atoms with Crippen LogP contribution in [0.15, 0.2) is 24.4 Å². The molecular weight excluding hydrogens is 317 g/mol. The number of likely N-dealkylation sites (N-methyl/N-ethyl adjacent to an activating group) is 1. The SMILES string of the molecule is CCNC(Cc1ccc(Cl)cc1Cl)c1c(Cl)cnn1C. The lowest BCUT2D eigenvalue weighted by molar-refractivity contribution is 0.508. The van der Waals surface area contributed by atoms with Crippen LogP contribution in [0.25, 0.3) is 0 Å². The number of benzene rings is 1. The summed E-state index contributed by atoms with van der Waals surface area (Å²) in [5.74, 6) is 0. The topological polar surface area (TPSA) is 29.9 Å². The minimum atomic E-state index is 0.0543. The molecule has 108 valence electrons. The first kappa shape index (κ1) is 15.6. The van der Waals surface area contributed by atoms with Crippen molar-refractivity contribution in [2.45, 2.75) is 19.4 Å². The Morgan fingerprint density at radius 1 is 1.25 bits per heavy atom. The second-order valence-corrected chi connectivity index (χ2v) is 5.80. The van der Waals surface area contributed by atoms with Crippen molar-refractivity contribution in [2.75, 3.05) is 6.54 Å². The van der Waals surface area contributed by atoms with Gasteiger partial charge in [0.05, 0.1) is 23.0 Å². The smallest absolute Gasteiger partial charge is 0.0834 e. The summed E-state index contributed by atoms with van der Waals surface area (Å²) in [5, 5.41) is 9.57. The second-order valence-electron chi connectivity index (χ2n) is 4.55. The number of aryl methyl sites for hydroxylation is 1. The first-order valence-electron chi connectivity index (χ1n) is 6.37. The van der Waals surface area contributed by atoms with Gasteiger partial charge in [0.1, 0.15) is 0 Å². The molecule has 1 heterocycles. The fourth-order valence-corrected chi connectivity index (χ4v) is 3.01. The molecule has 1 N–H and O–H groups in total. The molecule has 1 aromatic heterocycles. The van der Waals surface area contributed by atoms with E-state index in [1.807, 2.05) is 19.2 Å². The third kappa shape index (κ3) is 3.47. The quantitative estimate of drug-likeness (QED) is 0.886. The maximum absolute atomic E-state index is 6.25. The molecule has 0 aliphatic rings. The summed E-state index contributed by atoms with van der Waals surface area (Å²) in [5.41, 5.74) is 1.99. The van der Waals surface area contributed by atoms with Crippen molar-refractivity contribution >= 4 is 34.8 Å². The van der Waals surface area contributed by atoms with Crippen LogP contribution in [-0.4, -0.2) is 16.3 Å². The fraction of sp³-hybridized carbons (Fsp3) is 0.357. The molecule has 0 saturated heterocycles. The van der Waals surface area contributed by atoms with Crippen LogP contribution in [0.2, 0.25) is 15.1 Å². The maximum atomic E-state index is 6.25.